The first kappa shape index (κ1) is 14.6. The van der Waals surface area contributed by atoms with E-state index < -0.39 is 11.4 Å². The standard InChI is InChI=1S/C13H15N5O3/c1-13(12(20)21,10-5-3-2-4-6-10)8-14-11(19)7-18-9-15-16-17-18/h2-6,9H,7-8H2,1H3,(H,14,19)(H,20,21). The molecule has 8 heteroatoms. The maximum Gasteiger partial charge on any atom is 0.315 e. The zero-order valence-electron chi connectivity index (χ0n) is 11.4. The van der Waals surface area contributed by atoms with Gasteiger partial charge in [-0.1, -0.05) is 30.3 Å². The fraction of sp³-hybridized carbons (Fsp3) is 0.308. The van der Waals surface area contributed by atoms with E-state index in [2.05, 4.69) is 20.8 Å². The molecule has 0 aliphatic carbocycles. The van der Waals surface area contributed by atoms with Crippen molar-refractivity contribution in [1.29, 1.82) is 0 Å². The summed E-state index contributed by atoms with van der Waals surface area (Å²) in [5.74, 6) is -1.36. The number of carbonyl (C=O) groups is 2. The zero-order valence-corrected chi connectivity index (χ0v) is 11.4. The van der Waals surface area contributed by atoms with Crippen molar-refractivity contribution in [3.8, 4) is 0 Å². The molecule has 0 fully saturated rings. The number of tetrazole rings is 1. The molecule has 21 heavy (non-hydrogen) atoms. The second-order valence-electron chi connectivity index (χ2n) is 4.79. The van der Waals surface area contributed by atoms with Crippen LogP contribution in [0, 0.1) is 0 Å². The predicted octanol–water partition coefficient (Wildman–Crippen LogP) is -0.168. The van der Waals surface area contributed by atoms with Gasteiger partial charge in [-0.05, 0) is 22.9 Å². The molecule has 1 unspecified atom stereocenters. The zero-order chi connectivity index (χ0) is 15.3. The van der Waals surface area contributed by atoms with E-state index in [0.29, 0.717) is 5.56 Å². The van der Waals surface area contributed by atoms with Crippen molar-refractivity contribution in [2.24, 2.45) is 0 Å². The topological polar surface area (TPSA) is 110 Å². The molecule has 0 bridgehead atoms. The van der Waals surface area contributed by atoms with Crippen LogP contribution in [0.15, 0.2) is 36.7 Å². The number of hydrogen-bond donors (Lipinski definition) is 2. The van der Waals surface area contributed by atoms with Crippen molar-refractivity contribution in [3.63, 3.8) is 0 Å². The molecule has 2 N–H and O–H groups in total. The lowest BCUT2D eigenvalue weighted by molar-refractivity contribution is -0.143. The van der Waals surface area contributed by atoms with Gasteiger partial charge in [-0.15, -0.1) is 5.10 Å². The smallest absolute Gasteiger partial charge is 0.315 e. The quantitative estimate of drug-likeness (QED) is 0.764. The van der Waals surface area contributed by atoms with Gasteiger partial charge in [-0.25, -0.2) is 4.68 Å². The number of benzene rings is 1. The van der Waals surface area contributed by atoms with Gasteiger partial charge in [0, 0.05) is 6.54 Å². The monoisotopic (exact) mass is 289 g/mol. The van der Waals surface area contributed by atoms with E-state index in [1.54, 1.807) is 31.2 Å². The van der Waals surface area contributed by atoms with Crippen LogP contribution in [0.25, 0.3) is 0 Å². The van der Waals surface area contributed by atoms with Crippen molar-refractivity contribution in [2.45, 2.75) is 18.9 Å². The number of aliphatic carboxylic acids is 1. The fourth-order valence-electron chi connectivity index (χ4n) is 1.84. The molecule has 0 aliphatic heterocycles. The number of nitrogens with one attached hydrogen (secondary N) is 1. The Labute approximate surface area is 120 Å². The molecule has 1 aromatic heterocycles. The Morgan fingerprint density at radius 2 is 2.05 bits per heavy atom. The molecule has 0 aliphatic rings. The van der Waals surface area contributed by atoms with Crippen LogP contribution >= 0.6 is 0 Å². The number of carboxylic acid groups (broad SMARTS) is 1. The highest BCUT2D eigenvalue weighted by Gasteiger charge is 2.35. The minimum atomic E-state index is -1.20. The van der Waals surface area contributed by atoms with E-state index in [9.17, 15) is 14.7 Å². The Morgan fingerprint density at radius 1 is 1.33 bits per heavy atom. The highest BCUT2D eigenvalue weighted by Crippen LogP contribution is 2.23. The van der Waals surface area contributed by atoms with Crippen LogP contribution in [0.5, 0.6) is 0 Å². The fourth-order valence-corrected chi connectivity index (χ4v) is 1.84. The maximum atomic E-state index is 11.8. The number of carboxylic acids is 1. The maximum absolute atomic E-state index is 11.8. The molecule has 0 spiro atoms. The normalized spacial score (nSPS) is 13.4. The van der Waals surface area contributed by atoms with Gasteiger partial charge in [0.15, 0.2) is 0 Å². The van der Waals surface area contributed by atoms with Crippen LogP contribution in [0.3, 0.4) is 0 Å². The third-order valence-electron chi connectivity index (χ3n) is 3.22. The third kappa shape index (κ3) is 3.41. The van der Waals surface area contributed by atoms with Gasteiger partial charge in [-0.3, -0.25) is 9.59 Å². The highest BCUT2D eigenvalue weighted by atomic mass is 16.4. The van der Waals surface area contributed by atoms with Gasteiger partial charge in [0.25, 0.3) is 0 Å². The first-order valence-corrected chi connectivity index (χ1v) is 6.29. The van der Waals surface area contributed by atoms with E-state index in [1.165, 1.54) is 11.0 Å². The molecule has 8 nitrogen and oxygen atoms in total. The molecular formula is C13H15N5O3. The molecule has 1 amide bonds. The highest BCUT2D eigenvalue weighted by molar-refractivity contribution is 5.83. The number of nitrogens with zero attached hydrogens (tertiary/aromatic N) is 4. The Hall–Kier alpha value is -2.77. The summed E-state index contributed by atoms with van der Waals surface area (Å²) in [6.45, 7) is 1.49. The molecule has 2 rings (SSSR count). The van der Waals surface area contributed by atoms with Gasteiger partial charge in [-0.2, -0.15) is 0 Å². The summed E-state index contributed by atoms with van der Waals surface area (Å²) < 4.78 is 1.26. The summed E-state index contributed by atoms with van der Waals surface area (Å²) in [5, 5.41) is 22.5. The van der Waals surface area contributed by atoms with Crippen LogP contribution < -0.4 is 5.32 Å². The molecule has 1 heterocycles. The van der Waals surface area contributed by atoms with Crippen molar-refractivity contribution in [2.75, 3.05) is 6.54 Å². The van der Waals surface area contributed by atoms with Crippen molar-refractivity contribution >= 4 is 11.9 Å². The Bertz CT molecular complexity index is 614. The minimum Gasteiger partial charge on any atom is -0.481 e. The largest absolute Gasteiger partial charge is 0.481 e. The molecule has 110 valence electrons. The van der Waals surface area contributed by atoms with Crippen LogP contribution in [0.4, 0.5) is 0 Å². The molecule has 2 aromatic rings. The average Bonchev–Trinajstić information content (AvgIpc) is 2.98. The summed E-state index contributed by atoms with van der Waals surface area (Å²) in [6.07, 6.45) is 1.31. The molecule has 1 aromatic carbocycles. The van der Waals surface area contributed by atoms with Gasteiger partial charge >= 0.3 is 5.97 Å². The van der Waals surface area contributed by atoms with E-state index in [-0.39, 0.29) is 19.0 Å². The molecule has 0 saturated carbocycles. The number of hydrogen-bond acceptors (Lipinski definition) is 5. The molecule has 0 radical (unpaired) electrons. The number of amides is 1. The SMILES string of the molecule is CC(CNC(=O)Cn1cnnn1)(C(=O)O)c1ccccc1. The second-order valence-corrected chi connectivity index (χ2v) is 4.79. The van der Waals surface area contributed by atoms with Crippen LogP contribution in [-0.2, 0) is 21.5 Å². The van der Waals surface area contributed by atoms with E-state index >= 15 is 0 Å². The van der Waals surface area contributed by atoms with Crippen molar-refractivity contribution in [3.05, 3.63) is 42.2 Å². The molecule has 1 atom stereocenters. The Kier molecular flexibility index (Phi) is 4.27. The van der Waals surface area contributed by atoms with Gasteiger partial charge in [0.05, 0.1) is 0 Å². The summed E-state index contributed by atoms with van der Waals surface area (Å²) in [5.41, 5.74) is -0.572. The van der Waals surface area contributed by atoms with E-state index in [4.69, 9.17) is 0 Å². The number of carbonyl (C=O) groups excluding carboxylic acids is 1. The van der Waals surface area contributed by atoms with Gasteiger partial charge in [0.2, 0.25) is 5.91 Å². The summed E-state index contributed by atoms with van der Waals surface area (Å²) in [6, 6.07) is 8.78. The van der Waals surface area contributed by atoms with Crippen LogP contribution in [0.1, 0.15) is 12.5 Å². The third-order valence-corrected chi connectivity index (χ3v) is 3.22. The lowest BCUT2D eigenvalue weighted by Gasteiger charge is -2.25. The Balaban J connectivity index is 2.04. The lowest BCUT2D eigenvalue weighted by Crippen LogP contribution is -2.45. The van der Waals surface area contributed by atoms with Gasteiger partial charge < -0.3 is 10.4 Å². The first-order valence-electron chi connectivity index (χ1n) is 6.29. The number of rotatable bonds is 6. The first-order chi connectivity index (χ1) is 10.0. The lowest BCUT2D eigenvalue weighted by atomic mass is 9.82. The van der Waals surface area contributed by atoms with E-state index in [0.717, 1.165) is 0 Å². The summed E-state index contributed by atoms with van der Waals surface area (Å²) in [7, 11) is 0. The predicted molar refractivity (Wildman–Crippen MR) is 72.3 cm³/mol. The van der Waals surface area contributed by atoms with Crippen LogP contribution in [0.2, 0.25) is 0 Å². The number of aromatic nitrogens is 4. The van der Waals surface area contributed by atoms with E-state index in [1.807, 2.05) is 6.07 Å². The molecule has 0 saturated heterocycles. The molecular weight excluding hydrogens is 274 g/mol. The van der Waals surface area contributed by atoms with Crippen molar-refractivity contribution < 1.29 is 14.7 Å². The van der Waals surface area contributed by atoms with Crippen molar-refractivity contribution in [1.82, 2.24) is 25.5 Å². The second kappa shape index (κ2) is 6.12. The average molecular weight is 289 g/mol. The minimum absolute atomic E-state index is 0.0205. The Morgan fingerprint density at radius 3 is 2.62 bits per heavy atom. The summed E-state index contributed by atoms with van der Waals surface area (Å²) >= 11 is 0. The van der Waals surface area contributed by atoms with Crippen LogP contribution in [-0.4, -0.2) is 43.7 Å². The summed E-state index contributed by atoms with van der Waals surface area (Å²) in [4.78, 5) is 23.4. The van der Waals surface area contributed by atoms with Gasteiger partial charge in [0.1, 0.15) is 18.3 Å².